The van der Waals surface area contributed by atoms with Gasteiger partial charge in [0, 0.05) is 11.1 Å². The zero-order valence-corrected chi connectivity index (χ0v) is 10.7. The molecule has 0 spiro atoms. The number of anilines is 1. The van der Waals surface area contributed by atoms with Gasteiger partial charge in [-0.3, -0.25) is 4.79 Å². The molecule has 3 aromatic rings. The van der Waals surface area contributed by atoms with Gasteiger partial charge in [-0.1, -0.05) is 42.5 Å². The molecular formula is C16H13NO3. The molecule has 0 unspecified atom stereocenters. The fourth-order valence-electron chi connectivity index (χ4n) is 2.22. The summed E-state index contributed by atoms with van der Waals surface area (Å²) < 4.78 is 5.80. The van der Waals surface area contributed by atoms with Gasteiger partial charge in [0.2, 0.25) is 5.43 Å². The van der Waals surface area contributed by atoms with Gasteiger partial charge in [-0.2, -0.15) is 0 Å². The van der Waals surface area contributed by atoms with E-state index in [1.807, 2.05) is 30.3 Å². The number of rotatable bonds is 2. The molecule has 0 saturated carbocycles. The van der Waals surface area contributed by atoms with Gasteiger partial charge in [0.15, 0.2) is 5.76 Å². The number of aliphatic hydroxyl groups is 1. The maximum atomic E-state index is 12.3. The summed E-state index contributed by atoms with van der Waals surface area (Å²) in [5.74, 6) is 0.337. The van der Waals surface area contributed by atoms with Crippen LogP contribution in [0.4, 0.5) is 5.69 Å². The Hall–Kier alpha value is -2.59. The number of nitrogen functional groups attached to an aromatic ring is 1. The third-order valence-corrected chi connectivity index (χ3v) is 3.24. The van der Waals surface area contributed by atoms with Gasteiger partial charge in [-0.15, -0.1) is 0 Å². The second-order valence-corrected chi connectivity index (χ2v) is 4.49. The molecule has 3 rings (SSSR count). The quantitative estimate of drug-likeness (QED) is 0.748. The van der Waals surface area contributed by atoms with Crippen molar-refractivity contribution in [2.24, 2.45) is 0 Å². The predicted molar refractivity (Wildman–Crippen MR) is 78.3 cm³/mol. The van der Waals surface area contributed by atoms with Crippen molar-refractivity contribution in [1.29, 1.82) is 0 Å². The van der Waals surface area contributed by atoms with E-state index in [-0.39, 0.29) is 17.7 Å². The smallest absolute Gasteiger partial charge is 0.216 e. The molecule has 0 fully saturated rings. The highest BCUT2D eigenvalue weighted by atomic mass is 16.3. The van der Waals surface area contributed by atoms with Crippen molar-refractivity contribution in [2.45, 2.75) is 6.61 Å². The van der Waals surface area contributed by atoms with Gasteiger partial charge in [-0.05, 0) is 6.07 Å². The molecule has 1 aromatic heterocycles. The van der Waals surface area contributed by atoms with Crippen LogP contribution >= 0.6 is 0 Å². The van der Waals surface area contributed by atoms with E-state index in [2.05, 4.69) is 0 Å². The van der Waals surface area contributed by atoms with E-state index in [1.54, 1.807) is 18.2 Å². The molecule has 0 atom stereocenters. The molecule has 3 N–H and O–H groups in total. The maximum Gasteiger partial charge on any atom is 0.216 e. The number of benzene rings is 2. The van der Waals surface area contributed by atoms with E-state index in [0.717, 1.165) is 5.56 Å². The predicted octanol–water partition coefficient (Wildman–Crippen LogP) is 2.53. The molecule has 2 aromatic carbocycles. The summed E-state index contributed by atoms with van der Waals surface area (Å²) in [5, 5.41) is 9.75. The summed E-state index contributed by atoms with van der Waals surface area (Å²) in [7, 11) is 0. The topological polar surface area (TPSA) is 76.5 Å². The molecule has 0 aliphatic carbocycles. The Bertz CT molecular complexity index is 822. The fraction of sp³-hybridized carbons (Fsp3) is 0.0625. The van der Waals surface area contributed by atoms with E-state index in [4.69, 9.17) is 10.2 Å². The van der Waals surface area contributed by atoms with Crippen molar-refractivity contribution in [3.8, 4) is 11.3 Å². The van der Waals surface area contributed by atoms with Crippen LogP contribution in [0, 0.1) is 0 Å². The first-order valence-corrected chi connectivity index (χ1v) is 6.23. The lowest BCUT2D eigenvalue weighted by Crippen LogP contribution is -2.10. The first-order valence-electron chi connectivity index (χ1n) is 6.23. The molecule has 1 heterocycles. The standard InChI is InChI=1S/C16H13NO3/c17-13-14(19)12-8-4-7-11(9-18)15(12)20-16(13)10-5-2-1-3-6-10/h1-8,18H,9,17H2. The summed E-state index contributed by atoms with van der Waals surface area (Å²) in [6.07, 6.45) is 0. The molecule has 0 radical (unpaired) electrons. The zero-order valence-electron chi connectivity index (χ0n) is 10.7. The van der Waals surface area contributed by atoms with Gasteiger partial charge >= 0.3 is 0 Å². The minimum Gasteiger partial charge on any atom is -0.453 e. The number of nitrogens with two attached hydrogens (primary N) is 1. The van der Waals surface area contributed by atoms with E-state index in [1.165, 1.54) is 0 Å². The van der Waals surface area contributed by atoms with E-state index >= 15 is 0 Å². The Morgan fingerprint density at radius 3 is 2.50 bits per heavy atom. The van der Waals surface area contributed by atoms with Crippen molar-refractivity contribution in [1.82, 2.24) is 0 Å². The summed E-state index contributed by atoms with van der Waals surface area (Å²) in [4.78, 5) is 12.3. The second-order valence-electron chi connectivity index (χ2n) is 4.49. The van der Waals surface area contributed by atoms with Gasteiger partial charge in [0.05, 0.1) is 12.0 Å². The molecule has 0 saturated heterocycles. The molecule has 4 heteroatoms. The first-order chi connectivity index (χ1) is 9.72. The Morgan fingerprint density at radius 1 is 1.05 bits per heavy atom. The minimum absolute atomic E-state index is 0.0822. The van der Waals surface area contributed by atoms with Crippen LogP contribution in [-0.4, -0.2) is 5.11 Å². The Labute approximate surface area is 115 Å². The van der Waals surface area contributed by atoms with Crippen LogP contribution in [0.3, 0.4) is 0 Å². The van der Waals surface area contributed by atoms with Gasteiger partial charge in [0.25, 0.3) is 0 Å². The molecule has 4 nitrogen and oxygen atoms in total. The van der Waals surface area contributed by atoms with Crippen molar-refractivity contribution in [3.63, 3.8) is 0 Å². The van der Waals surface area contributed by atoms with Crippen molar-refractivity contribution in [3.05, 3.63) is 64.3 Å². The summed E-state index contributed by atoms with van der Waals surface area (Å²) >= 11 is 0. The molecule has 0 amide bonds. The minimum atomic E-state index is -0.277. The average molecular weight is 267 g/mol. The lowest BCUT2D eigenvalue weighted by Gasteiger charge is -2.08. The number of para-hydroxylation sites is 1. The number of hydrogen-bond acceptors (Lipinski definition) is 4. The third-order valence-electron chi connectivity index (χ3n) is 3.24. The van der Waals surface area contributed by atoms with Gasteiger partial charge in [0.1, 0.15) is 11.3 Å². The number of aliphatic hydroxyl groups excluding tert-OH is 1. The summed E-state index contributed by atoms with van der Waals surface area (Å²) in [5.41, 5.74) is 7.39. The highest BCUT2D eigenvalue weighted by Gasteiger charge is 2.15. The molecule has 0 aliphatic rings. The molecule has 100 valence electrons. The summed E-state index contributed by atoms with van der Waals surface area (Å²) in [6.45, 7) is -0.196. The van der Waals surface area contributed by atoms with Crippen LogP contribution in [0.15, 0.2) is 57.7 Å². The molecule has 20 heavy (non-hydrogen) atoms. The maximum absolute atomic E-state index is 12.3. The lowest BCUT2D eigenvalue weighted by atomic mass is 10.1. The van der Waals surface area contributed by atoms with Crippen LogP contribution in [-0.2, 0) is 6.61 Å². The van der Waals surface area contributed by atoms with Crippen LogP contribution in [0.2, 0.25) is 0 Å². The van der Waals surface area contributed by atoms with Crippen molar-refractivity contribution < 1.29 is 9.52 Å². The van der Waals surface area contributed by atoms with Crippen molar-refractivity contribution in [2.75, 3.05) is 5.73 Å². The van der Waals surface area contributed by atoms with Crippen LogP contribution in [0.5, 0.6) is 0 Å². The molecule has 0 bridgehead atoms. The highest BCUT2D eigenvalue weighted by molar-refractivity contribution is 5.86. The SMILES string of the molecule is Nc1c(-c2ccccc2)oc2c(CO)cccc2c1=O. The molecular weight excluding hydrogens is 254 g/mol. The summed E-state index contributed by atoms with van der Waals surface area (Å²) in [6, 6.07) is 14.3. The second kappa shape index (κ2) is 4.83. The Morgan fingerprint density at radius 2 is 1.80 bits per heavy atom. The Balaban J connectivity index is 2.40. The van der Waals surface area contributed by atoms with E-state index in [9.17, 15) is 9.90 Å². The van der Waals surface area contributed by atoms with Crippen LogP contribution < -0.4 is 11.2 Å². The molecule has 0 aliphatic heterocycles. The van der Waals surface area contributed by atoms with E-state index < -0.39 is 0 Å². The Kier molecular flexibility index (Phi) is 3.00. The van der Waals surface area contributed by atoms with Crippen LogP contribution in [0.1, 0.15) is 5.56 Å². The highest BCUT2D eigenvalue weighted by Crippen LogP contribution is 2.28. The van der Waals surface area contributed by atoms with E-state index in [0.29, 0.717) is 22.3 Å². The monoisotopic (exact) mass is 267 g/mol. The largest absolute Gasteiger partial charge is 0.453 e. The number of fused-ring (bicyclic) bond motifs is 1. The van der Waals surface area contributed by atoms with Crippen molar-refractivity contribution >= 4 is 16.7 Å². The third kappa shape index (κ3) is 1.87. The fourth-order valence-corrected chi connectivity index (χ4v) is 2.22. The lowest BCUT2D eigenvalue weighted by molar-refractivity contribution is 0.281. The van der Waals surface area contributed by atoms with Crippen LogP contribution in [0.25, 0.3) is 22.3 Å². The average Bonchev–Trinajstić information content (AvgIpc) is 2.51. The number of hydrogen-bond donors (Lipinski definition) is 2. The van der Waals surface area contributed by atoms with Gasteiger partial charge < -0.3 is 15.3 Å². The van der Waals surface area contributed by atoms with Gasteiger partial charge in [-0.25, -0.2) is 0 Å². The zero-order chi connectivity index (χ0) is 14.1. The normalized spacial score (nSPS) is 10.8. The first kappa shape index (κ1) is 12.4.